The predicted molar refractivity (Wildman–Crippen MR) is 72.7 cm³/mol. The molecule has 5 nitrogen and oxygen atoms in total. The number of benzene rings is 1. The lowest BCUT2D eigenvalue weighted by Crippen LogP contribution is -2.25. The number of hydrogen-bond acceptors (Lipinski definition) is 4. The number of hydrogen-bond donors (Lipinski definition) is 1. The first-order valence-electron chi connectivity index (χ1n) is 5.76. The summed E-state index contributed by atoms with van der Waals surface area (Å²) in [5, 5.41) is 4.02. The molecule has 0 saturated carbocycles. The van der Waals surface area contributed by atoms with E-state index in [4.69, 9.17) is 5.73 Å². The summed E-state index contributed by atoms with van der Waals surface area (Å²) in [4.78, 5) is 13.6. The molecule has 0 radical (unpaired) electrons. The number of nitrogens with zero attached hydrogens (tertiary/aromatic N) is 3. The van der Waals surface area contributed by atoms with Gasteiger partial charge in [0.15, 0.2) is 0 Å². The minimum Gasteiger partial charge on any atom is -0.399 e. The van der Waals surface area contributed by atoms with E-state index >= 15 is 0 Å². The van der Waals surface area contributed by atoms with Crippen LogP contribution in [-0.2, 0) is 6.54 Å². The Balaban J connectivity index is 2.31. The molecule has 0 saturated heterocycles. The number of halogens is 1. The van der Waals surface area contributed by atoms with Crippen LogP contribution in [0.1, 0.15) is 5.56 Å². The molecule has 2 rings (SSSR count). The third kappa shape index (κ3) is 2.90. The fourth-order valence-electron chi connectivity index (χ4n) is 1.64. The smallest absolute Gasteiger partial charge is 0.269 e. The monoisotopic (exact) mass is 262 g/mol. The summed E-state index contributed by atoms with van der Waals surface area (Å²) >= 11 is 0. The van der Waals surface area contributed by atoms with Gasteiger partial charge in [-0.05, 0) is 12.1 Å². The van der Waals surface area contributed by atoms with Gasteiger partial charge in [-0.15, -0.1) is 0 Å². The lowest BCUT2D eigenvalue weighted by atomic mass is 10.2. The topological polar surface area (TPSA) is 64.2 Å². The van der Waals surface area contributed by atoms with E-state index in [1.807, 2.05) is 14.1 Å². The van der Waals surface area contributed by atoms with Crippen LogP contribution in [0.4, 0.5) is 15.8 Å². The van der Waals surface area contributed by atoms with Crippen molar-refractivity contribution in [2.75, 3.05) is 24.7 Å². The molecule has 6 heteroatoms. The van der Waals surface area contributed by atoms with Gasteiger partial charge in [0.05, 0.1) is 18.4 Å². The van der Waals surface area contributed by atoms with Crippen LogP contribution in [0, 0.1) is 5.82 Å². The van der Waals surface area contributed by atoms with Crippen molar-refractivity contribution in [1.29, 1.82) is 0 Å². The third-order valence-electron chi connectivity index (χ3n) is 2.77. The minimum atomic E-state index is -0.439. The second-order valence-electron chi connectivity index (χ2n) is 4.45. The molecule has 0 fully saturated rings. The Bertz CT molecular complexity index is 651. The number of rotatable bonds is 3. The molecule has 0 aliphatic carbocycles. The fraction of sp³-hybridized carbons (Fsp3) is 0.231. The van der Waals surface area contributed by atoms with E-state index in [0.717, 1.165) is 0 Å². The lowest BCUT2D eigenvalue weighted by Gasteiger charge is -2.12. The Morgan fingerprint density at radius 2 is 2.11 bits per heavy atom. The van der Waals surface area contributed by atoms with Crippen molar-refractivity contribution in [3.8, 4) is 0 Å². The van der Waals surface area contributed by atoms with Crippen molar-refractivity contribution in [3.63, 3.8) is 0 Å². The molecule has 0 unspecified atom stereocenters. The molecular formula is C13H15FN4O. The molecule has 1 aromatic heterocycles. The Hall–Kier alpha value is -2.37. The number of nitrogens with two attached hydrogens (primary N) is 1. The molecule has 0 aliphatic heterocycles. The summed E-state index contributed by atoms with van der Waals surface area (Å²) in [5.41, 5.74) is 6.63. The van der Waals surface area contributed by atoms with E-state index in [1.165, 1.54) is 16.8 Å². The molecular weight excluding hydrogens is 247 g/mol. The highest BCUT2D eigenvalue weighted by Crippen LogP contribution is 2.12. The first-order valence-corrected chi connectivity index (χ1v) is 5.76. The molecule has 2 aromatic rings. The number of anilines is 2. The van der Waals surface area contributed by atoms with Gasteiger partial charge in [0.1, 0.15) is 5.82 Å². The predicted octanol–water partition coefficient (Wildman–Crippen LogP) is 1.08. The Morgan fingerprint density at radius 3 is 2.68 bits per heavy atom. The van der Waals surface area contributed by atoms with Crippen LogP contribution in [0.15, 0.2) is 35.3 Å². The first kappa shape index (κ1) is 13.1. The molecule has 1 heterocycles. The van der Waals surface area contributed by atoms with Gasteiger partial charge < -0.3 is 10.6 Å². The van der Waals surface area contributed by atoms with E-state index in [-0.39, 0.29) is 12.1 Å². The molecule has 0 spiro atoms. The molecule has 19 heavy (non-hydrogen) atoms. The highest BCUT2D eigenvalue weighted by Gasteiger charge is 2.06. The van der Waals surface area contributed by atoms with Crippen molar-refractivity contribution < 1.29 is 4.39 Å². The van der Waals surface area contributed by atoms with Crippen LogP contribution in [0.2, 0.25) is 0 Å². The zero-order valence-electron chi connectivity index (χ0n) is 10.8. The maximum atomic E-state index is 13.6. The average molecular weight is 262 g/mol. The Morgan fingerprint density at radius 1 is 1.37 bits per heavy atom. The van der Waals surface area contributed by atoms with Gasteiger partial charge >= 0.3 is 0 Å². The summed E-state index contributed by atoms with van der Waals surface area (Å²) in [5.74, 6) is -0.439. The van der Waals surface area contributed by atoms with Gasteiger partial charge in [-0.25, -0.2) is 9.07 Å². The van der Waals surface area contributed by atoms with Crippen LogP contribution < -0.4 is 16.2 Å². The highest BCUT2D eigenvalue weighted by molar-refractivity contribution is 5.41. The number of aromatic nitrogens is 2. The summed E-state index contributed by atoms with van der Waals surface area (Å²) < 4.78 is 14.9. The molecule has 2 N–H and O–H groups in total. The molecule has 0 atom stereocenters. The van der Waals surface area contributed by atoms with Crippen molar-refractivity contribution >= 4 is 11.4 Å². The molecule has 0 aliphatic rings. The summed E-state index contributed by atoms with van der Waals surface area (Å²) in [6.07, 6.45) is 1.57. The fourth-order valence-corrected chi connectivity index (χ4v) is 1.64. The van der Waals surface area contributed by atoms with Gasteiger partial charge in [0.25, 0.3) is 5.56 Å². The van der Waals surface area contributed by atoms with Gasteiger partial charge in [0, 0.05) is 31.4 Å². The van der Waals surface area contributed by atoms with Gasteiger partial charge in [-0.3, -0.25) is 4.79 Å². The normalized spacial score (nSPS) is 10.5. The quantitative estimate of drug-likeness (QED) is 0.841. The SMILES string of the molecule is CN(C)c1cnn(Cc2ccc(N)cc2F)c(=O)c1. The molecule has 100 valence electrons. The standard InChI is InChI=1S/C13H15FN4O/c1-17(2)11-6-13(19)18(16-7-11)8-9-3-4-10(15)5-12(9)14/h3-7H,8,15H2,1-2H3. The van der Waals surface area contributed by atoms with Crippen LogP contribution in [0.3, 0.4) is 0 Å². The first-order chi connectivity index (χ1) is 8.97. The van der Waals surface area contributed by atoms with Crippen LogP contribution >= 0.6 is 0 Å². The second-order valence-corrected chi connectivity index (χ2v) is 4.45. The minimum absolute atomic E-state index is 0.0820. The third-order valence-corrected chi connectivity index (χ3v) is 2.77. The van der Waals surface area contributed by atoms with Crippen LogP contribution in [0.5, 0.6) is 0 Å². The maximum absolute atomic E-state index is 13.6. The lowest BCUT2D eigenvalue weighted by molar-refractivity contribution is 0.572. The van der Waals surface area contributed by atoms with Crippen molar-refractivity contribution in [2.24, 2.45) is 0 Å². The van der Waals surface area contributed by atoms with Crippen LogP contribution in [0.25, 0.3) is 0 Å². The summed E-state index contributed by atoms with van der Waals surface area (Å²) in [6.45, 7) is 0.0820. The Kier molecular flexibility index (Phi) is 3.50. The Labute approximate surface area is 110 Å². The largest absolute Gasteiger partial charge is 0.399 e. The van der Waals surface area contributed by atoms with E-state index in [9.17, 15) is 9.18 Å². The molecule has 1 aromatic carbocycles. The number of nitrogen functional groups attached to an aromatic ring is 1. The van der Waals surface area contributed by atoms with E-state index in [0.29, 0.717) is 16.9 Å². The highest BCUT2D eigenvalue weighted by atomic mass is 19.1. The zero-order chi connectivity index (χ0) is 14.0. The maximum Gasteiger partial charge on any atom is 0.269 e. The van der Waals surface area contributed by atoms with Crippen molar-refractivity contribution in [2.45, 2.75) is 6.54 Å². The van der Waals surface area contributed by atoms with Gasteiger partial charge in [-0.2, -0.15) is 5.10 Å². The molecule has 0 bridgehead atoms. The summed E-state index contributed by atoms with van der Waals surface area (Å²) in [6, 6.07) is 5.84. The van der Waals surface area contributed by atoms with E-state index in [2.05, 4.69) is 5.10 Å². The van der Waals surface area contributed by atoms with Gasteiger partial charge in [-0.1, -0.05) is 6.07 Å². The second kappa shape index (κ2) is 5.09. The van der Waals surface area contributed by atoms with E-state index in [1.54, 1.807) is 23.2 Å². The average Bonchev–Trinajstić information content (AvgIpc) is 2.34. The van der Waals surface area contributed by atoms with Crippen molar-refractivity contribution in [1.82, 2.24) is 9.78 Å². The van der Waals surface area contributed by atoms with Crippen molar-refractivity contribution in [3.05, 3.63) is 52.2 Å². The van der Waals surface area contributed by atoms with Crippen LogP contribution in [-0.4, -0.2) is 23.9 Å². The van der Waals surface area contributed by atoms with Gasteiger partial charge in [0.2, 0.25) is 0 Å². The van der Waals surface area contributed by atoms with E-state index < -0.39 is 5.82 Å². The molecule has 0 amide bonds. The zero-order valence-corrected chi connectivity index (χ0v) is 10.8. The summed E-state index contributed by atoms with van der Waals surface area (Å²) in [7, 11) is 3.64.